The van der Waals surface area contributed by atoms with Crippen LogP contribution >= 0.6 is 11.3 Å². The number of fused-ring (bicyclic) bond motifs is 1. The molecule has 0 spiro atoms. The molecule has 25 heavy (non-hydrogen) atoms. The van der Waals surface area contributed by atoms with E-state index in [0.717, 1.165) is 16.4 Å². The standard InChI is InChI=1S/C16H19F2N5OS/c1-10-20-12(9-25-10)6-22-7-13-2-3-19-23(13)14(8-22)15(24)21-11-4-16(17,18)5-11/h2-3,9,11,14H,4-8H2,1H3,(H,21,24)/t14-/m0/s1. The van der Waals surface area contributed by atoms with Gasteiger partial charge in [-0.2, -0.15) is 5.10 Å². The van der Waals surface area contributed by atoms with E-state index in [2.05, 4.69) is 20.3 Å². The second-order valence-corrected chi connectivity index (χ2v) is 7.84. The van der Waals surface area contributed by atoms with Crippen LogP contribution in [0.5, 0.6) is 0 Å². The maximum atomic E-state index is 13.0. The van der Waals surface area contributed by atoms with Gasteiger partial charge in [-0.3, -0.25) is 14.4 Å². The van der Waals surface area contributed by atoms with E-state index in [4.69, 9.17) is 0 Å². The zero-order valence-electron chi connectivity index (χ0n) is 13.8. The lowest BCUT2D eigenvalue weighted by Gasteiger charge is -2.38. The fourth-order valence-electron chi connectivity index (χ4n) is 3.45. The fourth-order valence-corrected chi connectivity index (χ4v) is 4.05. The third kappa shape index (κ3) is 3.43. The van der Waals surface area contributed by atoms with Crippen molar-refractivity contribution < 1.29 is 13.6 Å². The van der Waals surface area contributed by atoms with E-state index in [0.29, 0.717) is 19.6 Å². The molecule has 1 saturated carbocycles. The Bertz CT molecular complexity index is 781. The van der Waals surface area contributed by atoms with Gasteiger partial charge in [0.2, 0.25) is 5.91 Å². The lowest BCUT2D eigenvalue weighted by atomic mass is 9.88. The third-order valence-corrected chi connectivity index (χ3v) is 5.48. The van der Waals surface area contributed by atoms with E-state index in [-0.39, 0.29) is 18.7 Å². The summed E-state index contributed by atoms with van der Waals surface area (Å²) in [7, 11) is 0. The molecule has 0 aromatic carbocycles. The summed E-state index contributed by atoms with van der Waals surface area (Å²) in [6.45, 7) is 3.78. The van der Waals surface area contributed by atoms with E-state index in [9.17, 15) is 13.6 Å². The lowest BCUT2D eigenvalue weighted by molar-refractivity contribution is -0.133. The second kappa shape index (κ2) is 6.14. The van der Waals surface area contributed by atoms with Gasteiger partial charge in [0.05, 0.1) is 16.4 Å². The molecule has 3 heterocycles. The smallest absolute Gasteiger partial charge is 0.252 e. The topological polar surface area (TPSA) is 63.1 Å². The number of nitrogens with one attached hydrogen (secondary N) is 1. The molecule has 9 heteroatoms. The number of nitrogens with zero attached hydrogens (tertiary/aromatic N) is 4. The first-order valence-electron chi connectivity index (χ1n) is 8.23. The molecule has 1 aliphatic heterocycles. The van der Waals surface area contributed by atoms with Crippen LogP contribution in [0.4, 0.5) is 8.78 Å². The first-order valence-corrected chi connectivity index (χ1v) is 9.11. The van der Waals surface area contributed by atoms with Crippen molar-refractivity contribution in [1.29, 1.82) is 0 Å². The van der Waals surface area contributed by atoms with E-state index in [1.807, 2.05) is 18.4 Å². The molecule has 1 aliphatic carbocycles. The van der Waals surface area contributed by atoms with Crippen LogP contribution in [0.1, 0.15) is 35.3 Å². The Labute approximate surface area is 147 Å². The Morgan fingerprint density at radius 1 is 1.48 bits per heavy atom. The Morgan fingerprint density at radius 3 is 2.96 bits per heavy atom. The minimum absolute atomic E-state index is 0.246. The largest absolute Gasteiger partial charge is 0.351 e. The van der Waals surface area contributed by atoms with Gasteiger partial charge in [0.15, 0.2) is 0 Å². The van der Waals surface area contributed by atoms with Crippen LogP contribution in [0.15, 0.2) is 17.6 Å². The summed E-state index contributed by atoms with van der Waals surface area (Å²) in [4.78, 5) is 19.2. The van der Waals surface area contributed by atoms with E-state index in [1.54, 1.807) is 22.2 Å². The molecule has 6 nitrogen and oxygen atoms in total. The molecule has 1 N–H and O–H groups in total. The summed E-state index contributed by atoms with van der Waals surface area (Å²) in [5, 5.41) is 10.0. The summed E-state index contributed by atoms with van der Waals surface area (Å²) in [5.41, 5.74) is 1.92. The zero-order chi connectivity index (χ0) is 17.6. The van der Waals surface area contributed by atoms with Crippen LogP contribution in [-0.4, -0.2) is 44.1 Å². The number of alkyl halides is 2. The summed E-state index contributed by atoms with van der Waals surface area (Å²) in [6.07, 6.45) is 1.11. The fraction of sp³-hybridized carbons (Fsp3) is 0.562. The predicted octanol–water partition coefficient (Wildman–Crippen LogP) is 2.12. The van der Waals surface area contributed by atoms with Crippen molar-refractivity contribution in [3.8, 4) is 0 Å². The summed E-state index contributed by atoms with van der Waals surface area (Å²) in [5.74, 6) is -2.89. The number of amides is 1. The molecule has 0 unspecified atom stereocenters. The number of rotatable bonds is 4. The zero-order valence-corrected chi connectivity index (χ0v) is 14.6. The predicted molar refractivity (Wildman–Crippen MR) is 88.3 cm³/mol. The van der Waals surface area contributed by atoms with Crippen LogP contribution < -0.4 is 5.32 Å². The number of aryl methyl sites for hydroxylation is 1. The highest BCUT2D eigenvalue weighted by Gasteiger charge is 2.46. The van der Waals surface area contributed by atoms with Gasteiger partial charge in [0.25, 0.3) is 5.92 Å². The number of carbonyl (C=O) groups excluding carboxylic acids is 1. The number of hydrogen-bond donors (Lipinski definition) is 1. The van der Waals surface area contributed by atoms with Crippen molar-refractivity contribution in [3.05, 3.63) is 34.0 Å². The highest BCUT2D eigenvalue weighted by Crippen LogP contribution is 2.37. The van der Waals surface area contributed by atoms with Crippen molar-refractivity contribution in [2.45, 2.75) is 50.9 Å². The second-order valence-electron chi connectivity index (χ2n) is 6.78. The molecule has 0 saturated heterocycles. The van der Waals surface area contributed by atoms with Gasteiger partial charge < -0.3 is 5.32 Å². The van der Waals surface area contributed by atoms with Crippen LogP contribution in [-0.2, 0) is 17.9 Å². The molecule has 2 aromatic heterocycles. The quantitative estimate of drug-likeness (QED) is 0.899. The van der Waals surface area contributed by atoms with Gasteiger partial charge in [0, 0.05) is 50.1 Å². The van der Waals surface area contributed by atoms with Gasteiger partial charge in [0.1, 0.15) is 6.04 Å². The van der Waals surface area contributed by atoms with E-state index < -0.39 is 18.0 Å². The number of halogens is 2. The van der Waals surface area contributed by atoms with Gasteiger partial charge >= 0.3 is 0 Å². The van der Waals surface area contributed by atoms with Crippen LogP contribution in [0, 0.1) is 6.92 Å². The maximum Gasteiger partial charge on any atom is 0.252 e. The maximum absolute atomic E-state index is 13.0. The number of hydrogen-bond acceptors (Lipinski definition) is 5. The Hall–Kier alpha value is -1.87. The average molecular weight is 367 g/mol. The molecule has 1 fully saturated rings. The van der Waals surface area contributed by atoms with Crippen LogP contribution in [0.2, 0.25) is 0 Å². The van der Waals surface area contributed by atoms with E-state index >= 15 is 0 Å². The average Bonchev–Trinajstić information content (AvgIpc) is 3.13. The SMILES string of the molecule is Cc1nc(CN2Cc3ccnn3[C@H](C(=O)NC3CC(F)(F)C3)C2)cs1. The minimum Gasteiger partial charge on any atom is -0.351 e. The van der Waals surface area contributed by atoms with Gasteiger partial charge in [-0.15, -0.1) is 11.3 Å². The molecule has 1 atom stereocenters. The van der Waals surface area contributed by atoms with Crippen molar-refractivity contribution in [1.82, 2.24) is 25.0 Å². The molecular formula is C16H19F2N5OS. The first kappa shape index (κ1) is 16.6. The Morgan fingerprint density at radius 2 is 2.28 bits per heavy atom. The Kier molecular flexibility index (Phi) is 4.07. The number of aromatic nitrogens is 3. The molecule has 2 aromatic rings. The first-order chi connectivity index (χ1) is 11.9. The van der Waals surface area contributed by atoms with Crippen molar-refractivity contribution in [2.24, 2.45) is 0 Å². The summed E-state index contributed by atoms with van der Waals surface area (Å²) in [6, 6.07) is 0.932. The van der Waals surface area contributed by atoms with Crippen molar-refractivity contribution >= 4 is 17.2 Å². The highest BCUT2D eigenvalue weighted by atomic mass is 32.1. The van der Waals surface area contributed by atoms with Crippen LogP contribution in [0.3, 0.4) is 0 Å². The third-order valence-electron chi connectivity index (χ3n) is 4.66. The van der Waals surface area contributed by atoms with Gasteiger partial charge in [-0.05, 0) is 13.0 Å². The minimum atomic E-state index is -2.64. The molecule has 2 aliphatic rings. The molecule has 4 rings (SSSR count). The Balaban J connectivity index is 1.46. The molecule has 134 valence electrons. The van der Waals surface area contributed by atoms with Gasteiger partial charge in [-0.25, -0.2) is 13.8 Å². The molecule has 1 amide bonds. The normalized spacial score (nSPS) is 23.1. The molecular weight excluding hydrogens is 348 g/mol. The van der Waals surface area contributed by atoms with Crippen LogP contribution in [0.25, 0.3) is 0 Å². The lowest BCUT2D eigenvalue weighted by Crippen LogP contribution is -2.54. The number of carbonyl (C=O) groups is 1. The molecule has 0 bridgehead atoms. The van der Waals surface area contributed by atoms with Crippen molar-refractivity contribution in [3.63, 3.8) is 0 Å². The summed E-state index contributed by atoms with van der Waals surface area (Å²) < 4.78 is 27.7. The number of thiazole rings is 1. The monoisotopic (exact) mass is 367 g/mol. The van der Waals surface area contributed by atoms with E-state index in [1.165, 1.54) is 0 Å². The highest BCUT2D eigenvalue weighted by molar-refractivity contribution is 7.09. The summed E-state index contributed by atoms with van der Waals surface area (Å²) >= 11 is 1.60. The molecule has 0 radical (unpaired) electrons. The van der Waals surface area contributed by atoms with Crippen molar-refractivity contribution in [2.75, 3.05) is 6.54 Å². The van der Waals surface area contributed by atoms with Gasteiger partial charge in [-0.1, -0.05) is 0 Å².